The first-order valence-electron chi connectivity index (χ1n) is 14.5. The Labute approximate surface area is 241 Å². The van der Waals surface area contributed by atoms with Crippen LogP contribution in [0.15, 0.2) is 48.5 Å². The molecule has 0 unspecified atom stereocenters. The van der Waals surface area contributed by atoms with Gasteiger partial charge in [-0.2, -0.15) is 8.78 Å². The normalized spacial score (nSPS) is 17.3. The molecule has 0 heterocycles. The maximum Gasteiger partial charge on any atom is 0.400 e. The lowest BCUT2D eigenvalue weighted by atomic mass is 9.79. The lowest BCUT2D eigenvalue weighted by molar-refractivity contribution is -0.223. The first kappa shape index (κ1) is 31.9. The topological polar surface area (TPSA) is 114 Å². The summed E-state index contributed by atoms with van der Waals surface area (Å²) in [5.74, 6) is -1.05. The van der Waals surface area contributed by atoms with E-state index in [1.165, 1.54) is 30.3 Å². The van der Waals surface area contributed by atoms with E-state index in [1.807, 2.05) is 0 Å². The number of carbonyl (C=O) groups is 2. The second kappa shape index (κ2) is 16.0. The van der Waals surface area contributed by atoms with E-state index in [0.29, 0.717) is 54.1 Å². The Morgan fingerprint density at radius 3 is 2.12 bits per heavy atom. The molecule has 0 amide bonds. The molecule has 0 radical (unpaired) electrons. The predicted molar refractivity (Wildman–Crippen MR) is 156 cm³/mol. The van der Waals surface area contributed by atoms with E-state index in [1.54, 1.807) is 24.3 Å². The number of unbranched alkanes of at least 4 members (excludes halogenated alkanes) is 3. The maximum absolute atomic E-state index is 14.7. The summed E-state index contributed by atoms with van der Waals surface area (Å²) in [4.78, 5) is 24.0. The van der Waals surface area contributed by atoms with E-state index in [4.69, 9.17) is 25.7 Å². The van der Waals surface area contributed by atoms with Crippen molar-refractivity contribution in [2.24, 2.45) is 11.8 Å². The zero-order valence-corrected chi connectivity index (χ0v) is 23.8. The zero-order chi connectivity index (χ0) is 29.7. The summed E-state index contributed by atoms with van der Waals surface area (Å²) in [5.41, 5.74) is 13.2. The lowest BCUT2D eigenvalue weighted by Gasteiger charge is -2.33. The van der Waals surface area contributed by atoms with Crippen LogP contribution in [-0.2, 0) is 14.3 Å². The number of esters is 2. The molecule has 1 fully saturated rings. The molecule has 41 heavy (non-hydrogen) atoms. The van der Waals surface area contributed by atoms with Gasteiger partial charge in [0.05, 0.1) is 24.7 Å². The number of halogens is 2. The minimum atomic E-state index is -3.20. The molecule has 4 N–H and O–H groups in total. The average Bonchev–Trinajstić information content (AvgIpc) is 2.93. The van der Waals surface area contributed by atoms with Gasteiger partial charge in [-0.3, -0.25) is 0 Å². The number of carbonyl (C=O) groups excluding carboxylic acids is 2. The van der Waals surface area contributed by atoms with Crippen molar-refractivity contribution in [2.45, 2.75) is 77.2 Å². The molecule has 0 aliphatic heterocycles. The van der Waals surface area contributed by atoms with Crippen LogP contribution in [0.2, 0.25) is 0 Å². The Balaban J connectivity index is 1.27. The average molecular weight is 573 g/mol. The van der Waals surface area contributed by atoms with E-state index in [-0.39, 0.29) is 19.0 Å². The van der Waals surface area contributed by atoms with E-state index in [9.17, 15) is 18.4 Å². The Kier molecular flexibility index (Phi) is 12.4. The second-order valence-electron chi connectivity index (χ2n) is 10.7. The van der Waals surface area contributed by atoms with Crippen LogP contribution in [-0.4, -0.2) is 31.3 Å². The second-order valence-corrected chi connectivity index (χ2v) is 10.7. The number of nitrogens with two attached hydrogens (primary N) is 2. The first-order chi connectivity index (χ1) is 19.7. The van der Waals surface area contributed by atoms with Crippen molar-refractivity contribution in [1.82, 2.24) is 0 Å². The van der Waals surface area contributed by atoms with Gasteiger partial charge in [0, 0.05) is 17.5 Å². The van der Waals surface area contributed by atoms with Crippen LogP contribution in [0.4, 0.5) is 20.2 Å². The number of hydrogen-bond donors (Lipinski definition) is 2. The molecule has 0 aromatic heterocycles. The third kappa shape index (κ3) is 11.1. The number of rotatable bonds is 15. The van der Waals surface area contributed by atoms with Crippen molar-refractivity contribution < 1.29 is 32.6 Å². The number of nitrogen functional groups attached to an aromatic ring is 2. The molecule has 1 aliphatic carbocycles. The Morgan fingerprint density at radius 2 is 1.51 bits per heavy atom. The Hall–Kier alpha value is -3.62. The fourth-order valence-corrected chi connectivity index (χ4v) is 5.07. The van der Waals surface area contributed by atoms with Crippen molar-refractivity contribution in [1.29, 1.82) is 0 Å². The fraction of sp³-hybridized carbons (Fsp3) is 0.500. The molecule has 1 saturated carbocycles. The quantitative estimate of drug-likeness (QED) is 0.0989. The van der Waals surface area contributed by atoms with Gasteiger partial charge in [-0.15, -0.1) is 0 Å². The van der Waals surface area contributed by atoms with Gasteiger partial charge < -0.3 is 25.7 Å². The summed E-state index contributed by atoms with van der Waals surface area (Å²) < 4.78 is 44.9. The lowest BCUT2D eigenvalue weighted by Crippen LogP contribution is -2.37. The third-order valence-electron chi connectivity index (χ3n) is 7.29. The van der Waals surface area contributed by atoms with Gasteiger partial charge in [-0.25, -0.2) is 9.59 Å². The SMILES string of the molecule is CCCC1CCC(C(F)(F)Oc2ccc(/C=C/C(=O)OCCCCCCOC(=O)c3cc(N)cc(N)c3)cc2)CC1. The highest BCUT2D eigenvalue weighted by atomic mass is 19.3. The molecule has 2 aromatic rings. The van der Waals surface area contributed by atoms with Gasteiger partial charge in [-0.05, 0) is 99.3 Å². The molecule has 2 aromatic carbocycles. The van der Waals surface area contributed by atoms with Gasteiger partial charge in [0.2, 0.25) is 0 Å². The molecule has 7 nitrogen and oxygen atoms in total. The summed E-state index contributed by atoms with van der Waals surface area (Å²) in [7, 11) is 0. The van der Waals surface area contributed by atoms with E-state index in [0.717, 1.165) is 38.5 Å². The van der Waals surface area contributed by atoms with E-state index >= 15 is 0 Å². The van der Waals surface area contributed by atoms with Crippen molar-refractivity contribution in [2.75, 3.05) is 24.7 Å². The summed E-state index contributed by atoms with van der Waals surface area (Å²) in [6.45, 7) is 2.67. The first-order valence-corrected chi connectivity index (χ1v) is 14.5. The molecule has 1 aliphatic rings. The van der Waals surface area contributed by atoms with Crippen LogP contribution in [0.1, 0.15) is 87.1 Å². The molecule has 0 atom stereocenters. The maximum atomic E-state index is 14.7. The Bertz CT molecular complexity index is 1130. The highest BCUT2D eigenvalue weighted by Gasteiger charge is 2.43. The van der Waals surface area contributed by atoms with Crippen LogP contribution >= 0.6 is 0 Å². The largest absolute Gasteiger partial charge is 0.463 e. The van der Waals surface area contributed by atoms with Gasteiger partial charge in [0.1, 0.15) is 5.75 Å². The molecular formula is C32H42F2N2O5. The molecule has 0 saturated heterocycles. The molecule has 0 bridgehead atoms. The van der Waals surface area contributed by atoms with Crippen molar-refractivity contribution in [3.05, 3.63) is 59.7 Å². The van der Waals surface area contributed by atoms with Crippen molar-refractivity contribution in [3.63, 3.8) is 0 Å². The highest BCUT2D eigenvalue weighted by Crippen LogP contribution is 2.41. The molecular weight excluding hydrogens is 530 g/mol. The predicted octanol–water partition coefficient (Wildman–Crippen LogP) is 7.40. The van der Waals surface area contributed by atoms with Gasteiger partial charge in [0.25, 0.3) is 0 Å². The molecule has 3 rings (SSSR count). The minimum absolute atomic E-state index is 0.106. The molecule has 9 heteroatoms. The fourth-order valence-electron chi connectivity index (χ4n) is 5.07. The number of benzene rings is 2. The van der Waals surface area contributed by atoms with Crippen LogP contribution in [0.25, 0.3) is 6.08 Å². The number of hydrogen-bond acceptors (Lipinski definition) is 7. The van der Waals surface area contributed by atoms with Crippen LogP contribution < -0.4 is 16.2 Å². The number of anilines is 2. The number of ether oxygens (including phenoxy) is 3. The van der Waals surface area contributed by atoms with Crippen LogP contribution in [0.5, 0.6) is 5.75 Å². The monoisotopic (exact) mass is 572 g/mol. The van der Waals surface area contributed by atoms with Crippen LogP contribution in [0, 0.1) is 11.8 Å². The van der Waals surface area contributed by atoms with Crippen molar-refractivity contribution in [3.8, 4) is 5.75 Å². The summed E-state index contributed by atoms with van der Waals surface area (Å²) in [5, 5.41) is 0. The van der Waals surface area contributed by atoms with Gasteiger partial charge in [-0.1, -0.05) is 31.9 Å². The smallest absolute Gasteiger partial charge is 0.400 e. The van der Waals surface area contributed by atoms with E-state index < -0.39 is 24.0 Å². The summed E-state index contributed by atoms with van der Waals surface area (Å²) >= 11 is 0. The third-order valence-corrected chi connectivity index (χ3v) is 7.29. The molecule has 224 valence electrons. The highest BCUT2D eigenvalue weighted by molar-refractivity contribution is 5.91. The molecule has 0 spiro atoms. The summed E-state index contributed by atoms with van der Waals surface area (Å²) in [6, 6.07) is 10.8. The van der Waals surface area contributed by atoms with Gasteiger partial charge in [0.15, 0.2) is 0 Å². The van der Waals surface area contributed by atoms with Gasteiger partial charge >= 0.3 is 18.0 Å². The van der Waals surface area contributed by atoms with E-state index in [2.05, 4.69) is 6.92 Å². The van der Waals surface area contributed by atoms with Crippen molar-refractivity contribution >= 4 is 29.4 Å². The zero-order valence-electron chi connectivity index (χ0n) is 23.8. The standard InChI is InChI=1S/C32H42F2N2O5/c1-2-7-23-8-13-26(14-9-23)32(33,34)41-29-15-10-24(11-16-29)12-17-30(37)39-18-5-3-4-6-19-40-31(38)25-20-27(35)22-28(36)21-25/h10-12,15-17,20-23,26H,2-9,13-14,18-19,35-36H2,1H3/b17-12+. The Morgan fingerprint density at radius 1 is 0.902 bits per heavy atom. The summed E-state index contributed by atoms with van der Waals surface area (Å²) in [6.07, 6.45) is 7.49. The van der Waals surface area contributed by atoms with Crippen LogP contribution in [0.3, 0.4) is 0 Å². The minimum Gasteiger partial charge on any atom is -0.463 e. The number of alkyl halides is 2.